The lowest BCUT2D eigenvalue weighted by atomic mass is 10.1. The first-order chi connectivity index (χ1) is 7.58. The zero-order valence-corrected chi connectivity index (χ0v) is 9.40. The summed E-state index contributed by atoms with van der Waals surface area (Å²) in [6.45, 7) is 3.55. The number of nitrogens with two attached hydrogens (primary N) is 1. The topological polar surface area (TPSA) is 59.0 Å². The first-order valence-electron chi connectivity index (χ1n) is 5.19. The molecule has 0 aromatic heterocycles. The van der Waals surface area contributed by atoms with Crippen LogP contribution in [0.4, 0.5) is 4.39 Å². The Kier molecular flexibility index (Phi) is 4.27. The first kappa shape index (κ1) is 12.5. The molecule has 0 saturated carbocycles. The molecule has 0 radical (unpaired) electrons. The molecule has 0 amide bonds. The minimum absolute atomic E-state index is 0.355. The molecule has 0 aliphatic rings. The highest BCUT2D eigenvalue weighted by Crippen LogP contribution is 2.21. The number of hydrogen-bond acceptors (Lipinski definition) is 3. The van der Waals surface area contributed by atoms with Gasteiger partial charge in [-0.2, -0.15) is 5.26 Å². The van der Waals surface area contributed by atoms with Gasteiger partial charge in [0.1, 0.15) is 17.6 Å². The summed E-state index contributed by atoms with van der Waals surface area (Å²) in [6.07, 6.45) is 0.0215. The highest BCUT2D eigenvalue weighted by molar-refractivity contribution is 5.30. The normalized spacial score (nSPS) is 13.9. The van der Waals surface area contributed by atoms with Gasteiger partial charge >= 0.3 is 0 Å². The zero-order valence-electron chi connectivity index (χ0n) is 9.40. The van der Waals surface area contributed by atoms with Crippen molar-refractivity contribution in [2.75, 3.05) is 0 Å². The van der Waals surface area contributed by atoms with Crippen molar-refractivity contribution in [1.82, 2.24) is 0 Å². The molecule has 2 N–H and O–H groups in total. The first-order valence-corrected chi connectivity index (χ1v) is 5.19. The lowest BCUT2D eigenvalue weighted by Crippen LogP contribution is -2.13. The molecule has 0 fully saturated rings. The molecule has 1 unspecified atom stereocenters. The Labute approximate surface area is 94.6 Å². The number of halogens is 1. The summed E-state index contributed by atoms with van der Waals surface area (Å²) in [5.74, 6) is -0.0457. The van der Waals surface area contributed by atoms with Crippen LogP contribution in [0.5, 0.6) is 5.75 Å². The van der Waals surface area contributed by atoms with E-state index in [1.165, 1.54) is 6.07 Å². The Bertz CT molecular complexity index is 398. The van der Waals surface area contributed by atoms with E-state index >= 15 is 0 Å². The second-order valence-corrected chi connectivity index (χ2v) is 3.62. The third-order valence-electron chi connectivity index (χ3n) is 2.26. The minimum Gasteiger partial charge on any atom is -0.475 e. The van der Waals surface area contributed by atoms with Gasteiger partial charge in [0.15, 0.2) is 6.10 Å². The summed E-state index contributed by atoms with van der Waals surface area (Å²) < 4.78 is 18.8. The number of nitriles is 1. The van der Waals surface area contributed by atoms with Crippen molar-refractivity contribution < 1.29 is 9.13 Å². The Morgan fingerprint density at radius 2 is 2.25 bits per heavy atom. The molecular formula is C12H15FN2O. The molecule has 0 aliphatic heterocycles. The Hall–Kier alpha value is -1.60. The molecule has 1 aromatic carbocycles. The smallest absolute Gasteiger partial charge is 0.184 e. The van der Waals surface area contributed by atoms with E-state index in [9.17, 15) is 4.39 Å². The molecule has 0 aliphatic carbocycles. The van der Waals surface area contributed by atoms with Crippen molar-refractivity contribution in [2.45, 2.75) is 32.4 Å². The van der Waals surface area contributed by atoms with E-state index in [0.717, 1.165) is 0 Å². The van der Waals surface area contributed by atoms with Gasteiger partial charge in [-0.05, 0) is 19.4 Å². The molecule has 3 nitrogen and oxygen atoms in total. The predicted molar refractivity (Wildman–Crippen MR) is 59.3 cm³/mol. The molecular weight excluding hydrogens is 207 g/mol. The largest absolute Gasteiger partial charge is 0.475 e. The summed E-state index contributed by atoms with van der Waals surface area (Å²) >= 11 is 0. The highest BCUT2D eigenvalue weighted by Gasteiger charge is 2.10. The summed E-state index contributed by atoms with van der Waals surface area (Å²) in [6, 6.07) is 6.11. The SMILES string of the molecule is CCC(C#N)Oc1ccc([C@H](C)N)c(F)c1. The minimum atomic E-state index is -0.541. The van der Waals surface area contributed by atoms with Gasteiger partial charge in [0.25, 0.3) is 0 Å². The maximum absolute atomic E-state index is 13.5. The van der Waals surface area contributed by atoms with Crippen LogP contribution in [0.25, 0.3) is 0 Å². The Morgan fingerprint density at radius 1 is 1.56 bits per heavy atom. The second kappa shape index (κ2) is 5.47. The molecule has 0 saturated heterocycles. The monoisotopic (exact) mass is 222 g/mol. The standard InChI is InChI=1S/C12H15FN2O/c1-3-9(7-14)16-10-4-5-11(8(2)15)12(13)6-10/h4-6,8-9H,3,15H2,1-2H3/t8-,9?/m0/s1. The molecule has 16 heavy (non-hydrogen) atoms. The molecule has 0 spiro atoms. The molecule has 1 aromatic rings. The van der Waals surface area contributed by atoms with Gasteiger partial charge in [0.05, 0.1) is 0 Å². The van der Waals surface area contributed by atoms with Crippen molar-refractivity contribution in [3.8, 4) is 11.8 Å². The molecule has 1 rings (SSSR count). The van der Waals surface area contributed by atoms with E-state index in [2.05, 4.69) is 0 Å². The molecule has 2 atom stereocenters. The quantitative estimate of drug-likeness (QED) is 0.851. The van der Waals surface area contributed by atoms with E-state index in [4.69, 9.17) is 15.7 Å². The zero-order chi connectivity index (χ0) is 12.1. The van der Waals surface area contributed by atoms with Gasteiger partial charge in [-0.15, -0.1) is 0 Å². The average molecular weight is 222 g/mol. The number of rotatable bonds is 4. The van der Waals surface area contributed by atoms with E-state index in [1.807, 2.05) is 13.0 Å². The van der Waals surface area contributed by atoms with Crippen LogP contribution in [0.3, 0.4) is 0 Å². The van der Waals surface area contributed by atoms with Gasteiger partial charge in [-0.3, -0.25) is 0 Å². The lowest BCUT2D eigenvalue weighted by Gasteiger charge is -2.12. The van der Waals surface area contributed by atoms with Gasteiger partial charge in [0, 0.05) is 17.7 Å². The van der Waals surface area contributed by atoms with Gasteiger partial charge in [-0.1, -0.05) is 13.0 Å². The number of ether oxygens (including phenoxy) is 1. The van der Waals surface area contributed by atoms with Crippen molar-refractivity contribution in [2.24, 2.45) is 5.73 Å². The van der Waals surface area contributed by atoms with Crippen LogP contribution >= 0.6 is 0 Å². The van der Waals surface area contributed by atoms with Crippen molar-refractivity contribution in [1.29, 1.82) is 5.26 Å². The lowest BCUT2D eigenvalue weighted by molar-refractivity contribution is 0.250. The highest BCUT2D eigenvalue weighted by atomic mass is 19.1. The Morgan fingerprint density at radius 3 is 2.69 bits per heavy atom. The number of nitrogens with zero attached hydrogens (tertiary/aromatic N) is 1. The van der Waals surface area contributed by atoms with Crippen molar-refractivity contribution in [3.05, 3.63) is 29.6 Å². The van der Waals surface area contributed by atoms with Gasteiger partial charge in [0.2, 0.25) is 0 Å². The number of benzene rings is 1. The molecule has 0 heterocycles. The fourth-order valence-electron chi connectivity index (χ4n) is 1.32. The van der Waals surface area contributed by atoms with Crippen LogP contribution in [0.1, 0.15) is 31.9 Å². The maximum Gasteiger partial charge on any atom is 0.184 e. The number of hydrogen-bond donors (Lipinski definition) is 1. The molecule has 86 valence electrons. The van der Waals surface area contributed by atoms with Crippen LogP contribution in [0.2, 0.25) is 0 Å². The fourth-order valence-corrected chi connectivity index (χ4v) is 1.32. The van der Waals surface area contributed by atoms with Crippen LogP contribution < -0.4 is 10.5 Å². The summed E-state index contributed by atoms with van der Waals surface area (Å²) in [5.41, 5.74) is 6.03. The third kappa shape index (κ3) is 2.94. The molecule has 4 heteroatoms. The summed E-state index contributed by atoms with van der Waals surface area (Å²) in [5, 5.41) is 8.71. The molecule has 0 bridgehead atoms. The van der Waals surface area contributed by atoms with Crippen LogP contribution in [-0.4, -0.2) is 6.10 Å². The van der Waals surface area contributed by atoms with Crippen molar-refractivity contribution >= 4 is 0 Å². The van der Waals surface area contributed by atoms with Crippen LogP contribution in [0, 0.1) is 17.1 Å². The van der Waals surface area contributed by atoms with Crippen molar-refractivity contribution in [3.63, 3.8) is 0 Å². The van der Waals surface area contributed by atoms with E-state index in [0.29, 0.717) is 17.7 Å². The predicted octanol–water partition coefficient (Wildman–Crippen LogP) is 2.53. The van der Waals surface area contributed by atoms with Gasteiger partial charge in [-0.25, -0.2) is 4.39 Å². The Balaban J connectivity index is 2.86. The van der Waals surface area contributed by atoms with E-state index in [1.54, 1.807) is 19.1 Å². The van der Waals surface area contributed by atoms with Crippen LogP contribution in [-0.2, 0) is 0 Å². The van der Waals surface area contributed by atoms with E-state index < -0.39 is 11.9 Å². The van der Waals surface area contributed by atoms with Gasteiger partial charge < -0.3 is 10.5 Å². The van der Waals surface area contributed by atoms with E-state index in [-0.39, 0.29) is 6.04 Å². The summed E-state index contributed by atoms with van der Waals surface area (Å²) in [4.78, 5) is 0. The summed E-state index contributed by atoms with van der Waals surface area (Å²) in [7, 11) is 0. The second-order valence-electron chi connectivity index (χ2n) is 3.62. The average Bonchev–Trinajstić information content (AvgIpc) is 2.25. The fraction of sp³-hybridized carbons (Fsp3) is 0.417. The third-order valence-corrected chi connectivity index (χ3v) is 2.26. The maximum atomic E-state index is 13.5. The van der Waals surface area contributed by atoms with Crippen LogP contribution in [0.15, 0.2) is 18.2 Å².